The molecule has 0 saturated carbocycles. The van der Waals surface area contributed by atoms with Crippen molar-refractivity contribution in [2.75, 3.05) is 24.6 Å². The van der Waals surface area contributed by atoms with Crippen LogP contribution >= 0.6 is 15.9 Å². The van der Waals surface area contributed by atoms with Gasteiger partial charge in [-0.15, -0.1) is 0 Å². The van der Waals surface area contributed by atoms with Crippen molar-refractivity contribution < 1.29 is 12.8 Å². The molecule has 112 valence electrons. The molecule has 0 aliphatic carbocycles. The second-order valence-electron chi connectivity index (χ2n) is 5.16. The molecule has 5 nitrogen and oxygen atoms in total. The van der Waals surface area contributed by atoms with E-state index in [4.69, 9.17) is 4.42 Å². The normalized spacial score (nSPS) is 18.9. The van der Waals surface area contributed by atoms with Gasteiger partial charge in [-0.3, -0.25) is 4.90 Å². The van der Waals surface area contributed by atoms with Gasteiger partial charge in [-0.2, -0.15) is 0 Å². The zero-order valence-electron chi connectivity index (χ0n) is 11.2. The smallest absolute Gasteiger partial charge is 0.336 e. The number of rotatable bonds is 2. The number of benzene rings is 1. The lowest BCUT2D eigenvalue weighted by atomic mass is 10.1. The molecule has 0 amide bonds. The first-order valence-electron chi connectivity index (χ1n) is 6.58. The summed E-state index contributed by atoms with van der Waals surface area (Å²) in [6.45, 7) is 1.56. The summed E-state index contributed by atoms with van der Waals surface area (Å²) in [5, 5.41) is 0.881. The lowest BCUT2D eigenvalue weighted by Crippen LogP contribution is -2.39. The maximum Gasteiger partial charge on any atom is 0.336 e. The summed E-state index contributed by atoms with van der Waals surface area (Å²) in [5.41, 5.74) is 1.02. The van der Waals surface area contributed by atoms with E-state index in [2.05, 4.69) is 20.8 Å². The number of hydrogen-bond donors (Lipinski definition) is 0. The minimum absolute atomic E-state index is 0.178. The zero-order valence-corrected chi connectivity index (χ0v) is 13.6. The van der Waals surface area contributed by atoms with Gasteiger partial charge in [-0.1, -0.05) is 15.9 Å². The summed E-state index contributed by atoms with van der Waals surface area (Å²) in [7, 11) is -2.89. The summed E-state index contributed by atoms with van der Waals surface area (Å²) in [6.07, 6.45) is 0. The van der Waals surface area contributed by atoms with E-state index < -0.39 is 9.84 Å². The highest BCUT2D eigenvalue weighted by Crippen LogP contribution is 2.23. The summed E-state index contributed by atoms with van der Waals surface area (Å²) in [4.78, 5) is 13.7. The Morgan fingerprint density at radius 1 is 1.19 bits per heavy atom. The molecule has 0 spiro atoms. The highest BCUT2D eigenvalue weighted by atomic mass is 79.9. The molecule has 1 saturated heterocycles. The third-order valence-electron chi connectivity index (χ3n) is 3.62. The second kappa shape index (κ2) is 5.55. The van der Waals surface area contributed by atoms with E-state index in [0.717, 1.165) is 15.4 Å². The van der Waals surface area contributed by atoms with Crippen LogP contribution in [0.4, 0.5) is 0 Å². The van der Waals surface area contributed by atoms with Gasteiger partial charge in [0.15, 0.2) is 9.84 Å². The first kappa shape index (κ1) is 14.7. The van der Waals surface area contributed by atoms with Crippen LogP contribution in [0.5, 0.6) is 0 Å². The molecule has 0 unspecified atom stereocenters. The number of halogens is 1. The van der Waals surface area contributed by atoms with E-state index in [1.165, 1.54) is 6.07 Å². The molecule has 7 heteroatoms. The molecule has 1 aliphatic rings. The van der Waals surface area contributed by atoms with Gasteiger partial charge in [-0.25, -0.2) is 13.2 Å². The standard InChI is InChI=1S/C14H14BrNO4S/c15-11-1-2-12-10(7-14(17)20-13(12)8-11)9-16-3-5-21(18,19)6-4-16/h1-2,7-8H,3-6,9H2. The van der Waals surface area contributed by atoms with Crippen LogP contribution in [0.25, 0.3) is 11.0 Å². The summed E-state index contributed by atoms with van der Waals surface area (Å²) >= 11 is 3.35. The van der Waals surface area contributed by atoms with Crippen LogP contribution in [-0.2, 0) is 16.4 Å². The van der Waals surface area contributed by atoms with E-state index in [-0.39, 0.29) is 17.1 Å². The average Bonchev–Trinajstić information content (AvgIpc) is 2.40. The molecule has 0 N–H and O–H groups in total. The van der Waals surface area contributed by atoms with E-state index in [1.54, 1.807) is 6.07 Å². The molecule has 3 rings (SSSR count). The molecule has 2 aromatic rings. The Morgan fingerprint density at radius 2 is 1.90 bits per heavy atom. The molecule has 21 heavy (non-hydrogen) atoms. The van der Waals surface area contributed by atoms with Crippen LogP contribution in [0.15, 0.2) is 37.9 Å². The van der Waals surface area contributed by atoms with Crippen molar-refractivity contribution in [3.05, 3.63) is 44.7 Å². The van der Waals surface area contributed by atoms with Gasteiger partial charge in [0.25, 0.3) is 0 Å². The predicted molar refractivity (Wildman–Crippen MR) is 84.1 cm³/mol. The molecule has 1 aromatic carbocycles. The zero-order chi connectivity index (χ0) is 15.0. The van der Waals surface area contributed by atoms with Crippen molar-refractivity contribution in [3.8, 4) is 0 Å². The SMILES string of the molecule is O=c1cc(CN2CCS(=O)(=O)CC2)c2ccc(Br)cc2o1. The number of hydrogen-bond acceptors (Lipinski definition) is 5. The molecular formula is C14H14BrNO4S. The fourth-order valence-corrected chi connectivity index (χ4v) is 4.10. The first-order valence-corrected chi connectivity index (χ1v) is 9.19. The average molecular weight is 372 g/mol. The number of nitrogens with zero attached hydrogens (tertiary/aromatic N) is 1. The summed E-state index contributed by atoms with van der Waals surface area (Å²) in [6, 6.07) is 7.05. The van der Waals surface area contributed by atoms with Gasteiger partial charge in [0.05, 0.1) is 11.5 Å². The van der Waals surface area contributed by atoms with Crippen molar-refractivity contribution in [1.82, 2.24) is 4.90 Å². The van der Waals surface area contributed by atoms with Crippen molar-refractivity contribution in [2.45, 2.75) is 6.54 Å². The molecule has 1 aliphatic heterocycles. The fourth-order valence-electron chi connectivity index (χ4n) is 2.48. The Morgan fingerprint density at radius 3 is 2.62 bits per heavy atom. The van der Waals surface area contributed by atoms with Crippen molar-refractivity contribution >= 4 is 36.7 Å². The van der Waals surface area contributed by atoms with E-state index in [9.17, 15) is 13.2 Å². The van der Waals surface area contributed by atoms with Gasteiger partial charge >= 0.3 is 5.63 Å². The molecule has 0 atom stereocenters. The largest absolute Gasteiger partial charge is 0.423 e. The van der Waals surface area contributed by atoms with Gasteiger partial charge < -0.3 is 4.42 Å². The maximum absolute atomic E-state index is 11.7. The van der Waals surface area contributed by atoms with E-state index >= 15 is 0 Å². The van der Waals surface area contributed by atoms with Crippen LogP contribution in [-0.4, -0.2) is 37.9 Å². The highest BCUT2D eigenvalue weighted by molar-refractivity contribution is 9.10. The molecule has 1 aromatic heterocycles. The number of fused-ring (bicyclic) bond motifs is 1. The van der Waals surface area contributed by atoms with Crippen molar-refractivity contribution in [1.29, 1.82) is 0 Å². The predicted octanol–water partition coefficient (Wildman–Crippen LogP) is 1.79. The van der Waals surface area contributed by atoms with Gasteiger partial charge in [0.1, 0.15) is 5.58 Å². The fraction of sp³-hybridized carbons (Fsp3) is 0.357. The van der Waals surface area contributed by atoms with Crippen molar-refractivity contribution in [3.63, 3.8) is 0 Å². The highest BCUT2D eigenvalue weighted by Gasteiger charge is 2.22. The molecule has 1 fully saturated rings. The molecule has 2 heterocycles. The van der Waals surface area contributed by atoms with Crippen molar-refractivity contribution in [2.24, 2.45) is 0 Å². The maximum atomic E-state index is 11.7. The number of sulfone groups is 1. The van der Waals surface area contributed by atoms with Crippen LogP contribution < -0.4 is 5.63 Å². The quantitative estimate of drug-likeness (QED) is 0.752. The summed E-state index contributed by atoms with van der Waals surface area (Å²) < 4.78 is 29.0. The second-order valence-corrected chi connectivity index (χ2v) is 8.38. The van der Waals surface area contributed by atoms with E-state index in [0.29, 0.717) is 25.2 Å². The minimum atomic E-state index is -2.89. The lowest BCUT2D eigenvalue weighted by molar-refractivity contribution is 0.288. The van der Waals surface area contributed by atoms with Gasteiger partial charge in [0.2, 0.25) is 0 Å². The lowest BCUT2D eigenvalue weighted by Gasteiger charge is -2.26. The van der Waals surface area contributed by atoms with Gasteiger partial charge in [-0.05, 0) is 23.8 Å². The Bertz CT molecular complexity index is 830. The Hall–Kier alpha value is -1.18. The third-order valence-corrected chi connectivity index (χ3v) is 5.73. The summed E-state index contributed by atoms with van der Waals surface area (Å²) in [5.74, 6) is 0.357. The topological polar surface area (TPSA) is 67.6 Å². The molecular weight excluding hydrogens is 358 g/mol. The van der Waals surface area contributed by atoms with Crippen LogP contribution in [0.2, 0.25) is 0 Å². The van der Waals surface area contributed by atoms with Gasteiger partial charge in [0, 0.05) is 35.6 Å². The Kier molecular flexibility index (Phi) is 3.90. The van der Waals surface area contributed by atoms with Crippen LogP contribution in [0, 0.1) is 0 Å². The van der Waals surface area contributed by atoms with E-state index in [1.807, 2.05) is 12.1 Å². The monoisotopic (exact) mass is 371 g/mol. The Balaban J connectivity index is 1.92. The minimum Gasteiger partial charge on any atom is -0.423 e. The molecule has 0 radical (unpaired) electrons. The molecule has 0 bridgehead atoms. The van der Waals surface area contributed by atoms with Crippen LogP contribution in [0.1, 0.15) is 5.56 Å². The third kappa shape index (κ3) is 3.36. The Labute approximate surface area is 130 Å². The van der Waals surface area contributed by atoms with Crippen LogP contribution in [0.3, 0.4) is 0 Å². The first-order chi connectivity index (χ1) is 9.93.